The zero-order valence-corrected chi connectivity index (χ0v) is 5.24. The third-order valence-corrected chi connectivity index (χ3v) is 0.729. The summed E-state index contributed by atoms with van der Waals surface area (Å²) in [5.74, 6) is 0. The van der Waals surface area contributed by atoms with Crippen LogP contribution in [0.15, 0.2) is 0 Å². The largest absolute Gasteiger partial charge is 0.303 e. The van der Waals surface area contributed by atoms with E-state index in [1.807, 2.05) is 0 Å². The minimum atomic E-state index is 0. The Balaban J connectivity index is 0.000000250. The van der Waals surface area contributed by atoms with E-state index in [0.717, 1.165) is 19.8 Å². The molecule has 0 amide bonds. The molecule has 1 aliphatic heterocycles. The van der Waals surface area contributed by atoms with Gasteiger partial charge in [0, 0.05) is 19.8 Å². The van der Waals surface area contributed by atoms with Gasteiger partial charge in [-0.15, -0.1) is 0 Å². The Kier molecular flexibility index (Phi) is 3.74. The summed E-state index contributed by atoms with van der Waals surface area (Å²) in [5.41, 5.74) is 0. The van der Waals surface area contributed by atoms with Crippen molar-refractivity contribution >= 4 is 9.90 Å². The number of nitrogens with one attached hydrogen (secondary N) is 2. The fourth-order valence-electron chi connectivity index (χ4n) is 0.442. The molecule has 2 N–H and O–H groups in total. The van der Waals surface area contributed by atoms with Crippen molar-refractivity contribution in [1.82, 2.24) is 10.6 Å². The molecule has 0 aromatic rings. The first-order valence-corrected chi connectivity index (χ1v) is 1.91. The van der Waals surface area contributed by atoms with Crippen molar-refractivity contribution in [2.45, 2.75) is 0 Å². The predicted octanol–water partition coefficient (Wildman–Crippen LogP) is -0.805. The van der Waals surface area contributed by atoms with Crippen LogP contribution in [-0.2, 0) is 0 Å². The Morgan fingerprint density at radius 2 is 1.50 bits per heavy atom. The first kappa shape index (κ1) is 6.35. The monoisotopic (exact) mass is 106 g/mol. The predicted molar refractivity (Wildman–Crippen MR) is 32.0 cm³/mol. The quantitative estimate of drug-likeness (QED) is 0.395. The van der Waals surface area contributed by atoms with Crippen LogP contribution < -0.4 is 10.6 Å². The first-order chi connectivity index (χ1) is 2.50. The van der Waals surface area contributed by atoms with E-state index >= 15 is 0 Å². The maximum absolute atomic E-state index is 3.11. The Morgan fingerprint density at radius 1 is 1.00 bits per heavy atom. The van der Waals surface area contributed by atoms with Gasteiger partial charge >= 0.3 is 0 Å². The van der Waals surface area contributed by atoms with E-state index in [4.69, 9.17) is 0 Å². The van der Waals surface area contributed by atoms with E-state index in [1.54, 1.807) is 0 Å². The zero-order chi connectivity index (χ0) is 3.54. The van der Waals surface area contributed by atoms with Crippen LogP contribution in [0.5, 0.6) is 0 Å². The normalized spacial score (nSPS) is 20.0. The maximum atomic E-state index is 3.11. The third kappa shape index (κ3) is 1.71. The smallest absolute Gasteiger partial charge is 0.0455 e. The molecule has 0 aliphatic carbocycles. The van der Waals surface area contributed by atoms with Gasteiger partial charge in [0.25, 0.3) is 0 Å². The van der Waals surface area contributed by atoms with Gasteiger partial charge in [0.15, 0.2) is 0 Å². The van der Waals surface area contributed by atoms with Gasteiger partial charge in [-0.3, -0.25) is 0 Å². The summed E-state index contributed by atoms with van der Waals surface area (Å²) in [6.07, 6.45) is 0. The van der Waals surface area contributed by atoms with E-state index in [-0.39, 0.29) is 9.90 Å². The Labute approximate surface area is 41.3 Å². The van der Waals surface area contributed by atoms with Gasteiger partial charge in [-0.25, -0.2) is 0 Å². The molecule has 1 fully saturated rings. The molecule has 1 heterocycles. The first-order valence-electron chi connectivity index (χ1n) is 1.91. The molecular formula is C3H11N2P. The molecule has 1 rings (SSSR count). The van der Waals surface area contributed by atoms with Crippen LogP contribution in [0.4, 0.5) is 0 Å². The van der Waals surface area contributed by atoms with Crippen molar-refractivity contribution in [3.8, 4) is 0 Å². The van der Waals surface area contributed by atoms with Gasteiger partial charge in [-0.05, 0) is 0 Å². The molecule has 0 spiro atoms. The molecule has 0 aromatic carbocycles. The van der Waals surface area contributed by atoms with Crippen LogP contribution in [0.3, 0.4) is 0 Å². The molecule has 0 radical (unpaired) electrons. The van der Waals surface area contributed by atoms with Crippen molar-refractivity contribution in [2.24, 2.45) is 0 Å². The minimum Gasteiger partial charge on any atom is -0.303 e. The lowest BCUT2D eigenvalue weighted by Gasteiger charge is -1.77. The molecule has 1 unspecified atom stereocenters. The lowest BCUT2D eigenvalue weighted by molar-refractivity contribution is 0.807. The van der Waals surface area contributed by atoms with E-state index in [0.29, 0.717) is 0 Å². The van der Waals surface area contributed by atoms with Crippen molar-refractivity contribution in [1.29, 1.82) is 0 Å². The summed E-state index contributed by atoms with van der Waals surface area (Å²) < 4.78 is 0. The van der Waals surface area contributed by atoms with Gasteiger partial charge < -0.3 is 10.6 Å². The highest BCUT2D eigenvalue weighted by Gasteiger charge is 1.90. The molecule has 6 heavy (non-hydrogen) atoms. The summed E-state index contributed by atoms with van der Waals surface area (Å²) in [4.78, 5) is 0. The van der Waals surface area contributed by atoms with Crippen LogP contribution in [0.2, 0.25) is 0 Å². The molecule has 0 saturated carbocycles. The molecular weight excluding hydrogens is 95.0 g/mol. The molecule has 3 heteroatoms. The number of rotatable bonds is 0. The fourth-order valence-corrected chi connectivity index (χ4v) is 0.442. The summed E-state index contributed by atoms with van der Waals surface area (Å²) in [6.45, 7) is 3.28. The second-order valence-corrected chi connectivity index (χ2v) is 1.18. The lowest BCUT2D eigenvalue weighted by Crippen LogP contribution is -2.11. The average Bonchev–Trinajstić information content (AvgIpc) is 1.76. The van der Waals surface area contributed by atoms with Gasteiger partial charge in [-0.2, -0.15) is 9.90 Å². The van der Waals surface area contributed by atoms with Crippen LogP contribution in [0.1, 0.15) is 0 Å². The fraction of sp³-hybridized carbons (Fsp3) is 1.00. The van der Waals surface area contributed by atoms with Crippen molar-refractivity contribution in [3.05, 3.63) is 0 Å². The van der Waals surface area contributed by atoms with Crippen molar-refractivity contribution < 1.29 is 0 Å². The standard InChI is InChI=1S/C3H8N2.H3P/c1-2-5-3-4-1;/h4-5H,1-3H2;1H3. The van der Waals surface area contributed by atoms with Crippen LogP contribution in [0.25, 0.3) is 0 Å². The van der Waals surface area contributed by atoms with E-state index in [2.05, 4.69) is 10.6 Å². The Morgan fingerprint density at radius 3 is 1.67 bits per heavy atom. The average molecular weight is 106 g/mol. The molecule has 38 valence electrons. The molecule has 2 nitrogen and oxygen atoms in total. The number of hydrogen-bond acceptors (Lipinski definition) is 2. The molecule has 1 saturated heterocycles. The minimum absolute atomic E-state index is 0. The summed E-state index contributed by atoms with van der Waals surface area (Å²) in [5, 5.41) is 6.22. The highest BCUT2D eigenvalue weighted by Crippen LogP contribution is 1.62. The maximum Gasteiger partial charge on any atom is 0.0455 e. The summed E-state index contributed by atoms with van der Waals surface area (Å²) >= 11 is 0. The van der Waals surface area contributed by atoms with Gasteiger partial charge in [0.05, 0.1) is 0 Å². The van der Waals surface area contributed by atoms with Crippen LogP contribution in [-0.4, -0.2) is 19.8 Å². The highest BCUT2D eigenvalue weighted by atomic mass is 31.0. The second kappa shape index (κ2) is 3.54. The zero-order valence-electron chi connectivity index (χ0n) is 3.83. The highest BCUT2D eigenvalue weighted by molar-refractivity contribution is 6.92. The van der Waals surface area contributed by atoms with E-state index < -0.39 is 0 Å². The third-order valence-electron chi connectivity index (χ3n) is 0.729. The Bertz CT molecular complexity index is 20.4. The van der Waals surface area contributed by atoms with Gasteiger partial charge in [0.2, 0.25) is 0 Å². The molecule has 0 bridgehead atoms. The Hall–Kier alpha value is 0.350. The van der Waals surface area contributed by atoms with Crippen LogP contribution in [0, 0.1) is 0 Å². The molecule has 1 aliphatic rings. The second-order valence-electron chi connectivity index (χ2n) is 1.18. The number of hydrogen-bond donors (Lipinski definition) is 2. The molecule has 0 aromatic heterocycles. The van der Waals surface area contributed by atoms with Crippen LogP contribution >= 0.6 is 9.90 Å². The van der Waals surface area contributed by atoms with Gasteiger partial charge in [0.1, 0.15) is 0 Å². The summed E-state index contributed by atoms with van der Waals surface area (Å²) in [6, 6.07) is 0. The van der Waals surface area contributed by atoms with E-state index in [9.17, 15) is 0 Å². The topological polar surface area (TPSA) is 24.1 Å². The van der Waals surface area contributed by atoms with Crippen molar-refractivity contribution in [2.75, 3.05) is 19.8 Å². The van der Waals surface area contributed by atoms with E-state index in [1.165, 1.54) is 0 Å². The SMILES string of the molecule is C1CNCN1.P. The van der Waals surface area contributed by atoms with Gasteiger partial charge in [-0.1, -0.05) is 0 Å². The lowest BCUT2D eigenvalue weighted by atomic mass is 10.7. The summed E-state index contributed by atoms with van der Waals surface area (Å²) in [7, 11) is 0. The van der Waals surface area contributed by atoms with Crippen molar-refractivity contribution in [3.63, 3.8) is 0 Å². The molecule has 1 atom stereocenters.